The highest BCUT2D eigenvalue weighted by molar-refractivity contribution is 5.70. The van der Waals surface area contributed by atoms with Gasteiger partial charge in [0.25, 0.3) is 0 Å². The van der Waals surface area contributed by atoms with Gasteiger partial charge in [0.05, 0.1) is 0 Å². The number of benzene rings is 2. The largest absolute Gasteiger partial charge is 0.213 e. The Kier molecular flexibility index (Phi) is 5.89. The number of rotatable bonds is 8. The molecule has 0 aliphatic rings. The van der Waals surface area contributed by atoms with Crippen LogP contribution in [0.1, 0.15) is 52.9 Å². The van der Waals surface area contributed by atoms with E-state index in [-0.39, 0.29) is 0 Å². The van der Waals surface area contributed by atoms with Crippen molar-refractivity contribution in [3.8, 4) is 22.4 Å². The first-order valence-corrected chi connectivity index (χ1v) is 10.1. The molecule has 0 saturated carbocycles. The molecule has 3 rings (SSSR count). The number of hydrogen-bond donors (Lipinski definition) is 0. The Morgan fingerprint density at radius 3 is 2.33 bits per heavy atom. The van der Waals surface area contributed by atoms with Gasteiger partial charge in [0, 0.05) is 20.4 Å². The summed E-state index contributed by atoms with van der Waals surface area (Å²) in [6, 6.07) is 20.8. The summed E-state index contributed by atoms with van der Waals surface area (Å²) in [5, 5.41) is 0. The van der Waals surface area contributed by atoms with E-state index in [4.69, 9.17) is 2.74 Å². The molecule has 0 fully saturated rings. The Bertz CT molecular complexity index is 945. The van der Waals surface area contributed by atoms with Crippen LogP contribution in [0.2, 0.25) is 0 Å². The minimum atomic E-state index is -1.26. The normalized spacial score (nSPS) is 12.6. The first-order valence-electron chi connectivity index (χ1n) is 11.1. The van der Waals surface area contributed by atoms with E-state index in [2.05, 4.69) is 80.2 Å². The van der Waals surface area contributed by atoms with Gasteiger partial charge in [-0.15, -0.1) is 0 Å². The topological polar surface area (TPSA) is 3.88 Å². The third kappa shape index (κ3) is 5.07. The van der Waals surface area contributed by atoms with E-state index < -0.39 is 6.37 Å². The van der Waals surface area contributed by atoms with Crippen molar-refractivity contribution in [3.63, 3.8) is 0 Å². The highest BCUT2D eigenvalue weighted by atomic mass is 14.9. The minimum absolute atomic E-state index is 0.588. The Labute approximate surface area is 167 Å². The van der Waals surface area contributed by atoms with Crippen LogP contribution in [0.3, 0.4) is 0 Å². The Balaban J connectivity index is 1.83. The fourth-order valence-corrected chi connectivity index (χ4v) is 3.44. The summed E-state index contributed by atoms with van der Waals surface area (Å²) in [5.41, 5.74) is 6.71. The van der Waals surface area contributed by atoms with Crippen molar-refractivity contribution in [2.45, 2.75) is 52.3 Å². The van der Waals surface area contributed by atoms with Crippen molar-refractivity contribution in [1.82, 2.24) is 0 Å². The predicted molar refractivity (Wildman–Crippen MR) is 116 cm³/mol. The molecule has 0 amide bonds. The molecule has 0 N–H and O–H groups in total. The van der Waals surface area contributed by atoms with Gasteiger partial charge in [0.15, 0.2) is 6.20 Å². The second kappa shape index (κ2) is 9.50. The van der Waals surface area contributed by atoms with Gasteiger partial charge < -0.3 is 0 Å². The number of unbranched alkanes of at least 4 members (excludes halogenated alkanes) is 3. The summed E-state index contributed by atoms with van der Waals surface area (Å²) in [5.74, 6) is 0. The first kappa shape index (κ1) is 16.7. The standard InChI is InChI=1S/C26H32N/c1-4-5-6-7-8-12-22-14-16-23(17-15-22)24-18-19-27(3)26(20-24)25-13-10-9-11-21(25)2/h9-11,13-20H,4-8,12H2,1-3H3/q+1/i12D2. The van der Waals surface area contributed by atoms with Gasteiger partial charge in [0.2, 0.25) is 5.69 Å². The average Bonchev–Trinajstić information content (AvgIpc) is 2.72. The number of aromatic nitrogens is 1. The summed E-state index contributed by atoms with van der Waals surface area (Å²) in [6.07, 6.45) is 5.83. The minimum Gasteiger partial charge on any atom is -0.201 e. The third-order valence-electron chi connectivity index (χ3n) is 5.15. The molecule has 0 spiro atoms. The fourth-order valence-electron chi connectivity index (χ4n) is 3.44. The zero-order valence-electron chi connectivity index (χ0n) is 18.8. The van der Waals surface area contributed by atoms with Crippen molar-refractivity contribution in [3.05, 3.63) is 78.0 Å². The van der Waals surface area contributed by atoms with E-state index in [0.717, 1.165) is 29.5 Å². The molecule has 0 aliphatic heterocycles. The molecule has 0 aliphatic carbocycles. The van der Waals surface area contributed by atoms with Gasteiger partial charge in [-0.2, -0.15) is 0 Å². The van der Waals surface area contributed by atoms with Crippen LogP contribution < -0.4 is 4.57 Å². The molecule has 0 bridgehead atoms. The maximum atomic E-state index is 8.44. The second-order valence-electron chi connectivity index (χ2n) is 7.29. The maximum Gasteiger partial charge on any atom is 0.213 e. The number of nitrogens with zero attached hydrogens (tertiary/aromatic N) is 1. The lowest BCUT2D eigenvalue weighted by molar-refractivity contribution is -0.660. The molecule has 0 saturated heterocycles. The van der Waals surface area contributed by atoms with Gasteiger partial charge in [-0.25, -0.2) is 4.57 Å². The van der Waals surface area contributed by atoms with Gasteiger partial charge in [-0.1, -0.05) is 75.1 Å². The van der Waals surface area contributed by atoms with Gasteiger partial charge in [-0.05, 0) is 48.0 Å². The van der Waals surface area contributed by atoms with Gasteiger partial charge in [0.1, 0.15) is 7.05 Å². The summed E-state index contributed by atoms with van der Waals surface area (Å²) in [6.45, 7) is 4.32. The van der Waals surface area contributed by atoms with Crippen molar-refractivity contribution < 1.29 is 7.31 Å². The summed E-state index contributed by atoms with van der Waals surface area (Å²) in [4.78, 5) is 0. The van der Waals surface area contributed by atoms with Crippen molar-refractivity contribution in [2.75, 3.05) is 0 Å². The molecule has 2 aromatic carbocycles. The Morgan fingerprint density at radius 1 is 0.852 bits per heavy atom. The highest BCUT2D eigenvalue weighted by Gasteiger charge is 2.13. The Morgan fingerprint density at radius 2 is 1.59 bits per heavy atom. The van der Waals surface area contributed by atoms with Gasteiger partial charge >= 0.3 is 0 Å². The van der Waals surface area contributed by atoms with Gasteiger partial charge in [-0.3, -0.25) is 0 Å². The van der Waals surface area contributed by atoms with E-state index in [0.29, 0.717) is 6.42 Å². The molecule has 0 radical (unpaired) electrons. The third-order valence-corrected chi connectivity index (χ3v) is 5.15. The van der Waals surface area contributed by atoms with Crippen LogP contribution in [0.15, 0.2) is 66.9 Å². The van der Waals surface area contributed by atoms with Crippen LogP contribution in [-0.2, 0) is 13.4 Å². The smallest absolute Gasteiger partial charge is 0.201 e. The molecule has 1 aromatic heterocycles. The van der Waals surface area contributed by atoms with Crippen molar-refractivity contribution in [2.24, 2.45) is 7.05 Å². The summed E-state index contributed by atoms with van der Waals surface area (Å²) in [7, 11) is 2.07. The van der Waals surface area contributed by atoms with Crippen molar-refractivity contribution >= 4 is 0 Å². The molecule has 27 heavy (non-hydrogen) atoms. The highest BCUT2D eigenvalue weighted by Crippen LogP contribution is 2.26. The zero-order chi connectivity index (χ0) is 20.9. The summed E-state index contributed by atoms with van der Waals surface area (Å²) < 4.78 is 19.0. The first-order chi connectivity index (χ1) is 13.9. The predicted octanol–water partition coefficient (Wildman–Crippen LogP) is 6.67. The molecule has 140 valence electrons. The molecule has 3 aromatic rings. The van der Waals surface area contributed by atoms with E-state index in [1.54, 1.807) is 0 Å². The number of pyridine rings is 1. The lowest BCUT2D eigenvalue weighted by Gasteiger charge is -2.08. The van der Waals surface area contributed by atoms with E-state index in [9.17, 15) is 0 Å². The monoisotopic (exact) mass is 360 g/mol. The van der Waals surface area contributed by atoms with Crippen LogP contribution >= 0.6 is 0 Å². The van der Waals surface area contributed by atoms with Crippen LogP contribution in [0, 0.1) is 6.92 Å². The SMILES string of the molecule is [2H]C([2H])(CCCCCC)c1ccc(-c2cc[n+](C)c(-c3ccccc3C)c2)cc1. The zero-order valence-corrected chi connectivity index (χ0v) is 16.8. The van der Waals surface area contributed by atoms with Crippen LogP contribution in [0.5, 0.6) is 0 Å². The quantitative estimate of drug-likeness (QED) is 0.312. The summed E-state index contributed by atoms with van der Waals surface area (Å²) >= 11 is 0. The lowest BCUT2D eigenvalue weighted by atomic mass is 9.98. The number of aryl methyl sites for hydroxylation is 3. The average molecular weight is 361 g/mol. The lowest BCUT2D eigenvalue weighted by Crippen LogP contribution is -2.30. The molecule has 0 atom stereocenters. The van der Waals surface area contributed by atoms with Crippen LogP contribution in [0.25, 0.3) is 22.4 Å². The Hall–Kier alpha value is -2.41. The van der Waals surface area contributed by atoms with Crippen molar-refractivity contribution in [1.29, 1.82) is 0 Å². The van der Waals surface area contributed by atoms with E-state index in [1.807, 2.05) is 12.1 Å². The molecular weight excluding hydrogens is 326 g/mol. The molecule has 0 unspecified atom stereocenters. The number of hydrogen-bond acceptors (Lipinski definition) is 0. The van der Waals surface area contributed by atoms with Crippen LogP contribution in [-0.4, -0.2) is 0 Å². The molecule has 1 heteroatoms. The maximum absolute atomic E-state index is 8.44. The van der Waals surface area contributed by atoms with E-state index >= 15 is 0 Å². The fraction of sp³-hybridized carbons (Fsp3) is 0.346. The molecule has 1 nitrogen and oxygen atoms in total. The van der Waals surface area contributed by atoms with Crippen LogP contribution in [0.4, 0.5) is 0 Å². The molecule has 1 heterocycles. The molecular formula is C26H32N+. The second-order valence-corrected chi connectivity index (χ2v) is 7.29. The van der Waals surface area contributed by atoms with E-state index in [1.165, 1.54) is 29.7 Å².